The van der Waals surface area contributed by atoms with Crippen molar-refractivity contribution < 1.29 is 14.3 Å². The third-order valence-electron chi connectivity index (χ3n) is 6.85. The number of carbonyl (C=O) groups is 2. The van der Waals surface area contributed by atoms with Crippen LogP contribution in [-0.4, -0.2) is 32.7 Å². The molecule has 2 aromatic heterocycles. The van der Waals surface area contributed by atoms with Gasteiger partial charge in [0.2, 0.25) is 0 Å². The summed E-state index contributed by atoms with van der Waals surface area (Å²) in [5.74, 6) is 0.216. The van der Waals surface area contributed by atoms with Crippen LogP contribution in [0.2, 0.25) is 0 Å². The van der Waals surface area contributed by atoms with Gasteiger partial charge in [-0.15, -0.1) is 11.3 Å². The van der Waals surface area contributed by atoms with Gasteiger partial charge in [-0.3, -0.25) is 9.59 Å². The quantitative estimate of drug-likeness (QED) is 0.542. The number of nitrogens with one attached hydrogen (secondary N) is 1. The molecular weight excluding hydrogens is 438 g/mol. The Hall–Kier alpha value is -3.04. The molecule has 3 aromatic rings. The number of carbonyl (C=O) groups excluding carboxylic acids is 2. The Morgan fingerprint density at radius 2 is 1.91 bits per heavy atom. The standard InChI is InChI=1S/C24H25N5O3S/c25-22-17-11-32-10-16(17)19(8-26-22)28-23(30)24(31)29(21(14-2-3-14)15-4-5-15)9-13-1-6-20-18(7-13)27-12-33-20/h1,6-8,12,14-15,21H,2-5,9-11H2,(H2,25,26)(H,28,30). The minimum absolute atomic E-state index is 0.105. The molecule has 0 spiro atoms. The molecule has 1 aromatic carbocycles. The highest BCUT2D eigenvalue weighted by Crippen LogP contribution is 2.47. The van der Waals surface area contributed by atoms with Crippen molar-refractivity contribution in [3.05, 3.63) is 46.6 Å². The summed E-state index contributed by atoms with van der Waals surface area (Å²) in [4.78, 5) is 37.1. The summed E-state index contributed by atoms with van der Waals surface area (Å²) in [5, 5.41) is 2.80. The zero-order valence-corrected chi connectivity index (χ0v) is 18.9. The number of nitrogens with zero attached hydrogens (tertiary/aromatic N) is 3. The molecule has 33 heavy (non-hydrogen) atoms. The number of anilines is 2. The molecule has 2 amide bonds. The van der Waals surface area contributed by atoms with Gasteiger partial charge >= 0.3 is 11.8 Å². The molecule has 6 rings (SSSR count). The van der Waals surface area contributed by atoms with E-state index in [4.69, 9.17) is 10.5 Å². The van der Waals surface area contributed by atoms with E-state index in [1.807, 2.05) is 23.7 Å². The Labute approximate surface area is 195 Å². The summed E-state index contributed by atoms with van der Waals surface area (Å²) >= 11 is 1.59. The average molecular weight is 464 g/mol. The predicted molar refractivity (Wildman–Crippen MR) is 125 cm³/mol. The molecule has 2 fully saturated rings. The van der Waals surface area contributed by atoms with E-state index in [1.54, 1.807) is 16.2 Å². The van der Waals surface area contributed by atoms with Crippen molar-refractivity contribution in [2.75, 3.05) is 11.1 Å². The topological polar surface area (TPSA) is 110 Å². The van der Waals surface area contributed by atoms with Gasteiger partial charge in [0.15, 0.2) is 0 Å². The number of nitrogens with two attached hydrogens (primary N) is 1. The van der Waals surface area contributed by atoms with Crippen molar-refractivity contribution in [3.63, 3.8) is 0 Å². The average Bonchev–Trinajstić information content (AvgIpc) is 3.73. The predicted octanol–water partition coefficient (Wildman–Crippen LogP) is 3.46. The molecule has 3 heterocycles. The van der Waals surface area contributed by atoms with Crippen LogP contribution in [-0.2, 0) is 34.1 Å². The maximum atomic E-state index is 13.6. The third-order valence-corrected chi connectivity index (χ3v) is 7.66. The Kier molecular flexibility index (Phi) is 5.03. The second-order valence-corrected chi connectivity index (χ2v) is 10.1. The number of benzene rings is 1. The summed E-state index contributed by atoms with van der Waals surface area (Å²) in [6, 6.07) is 6.20. The fourth-order valence-corrected chi connectivity index (χ4v) is 5.54. The van der Waals surface area contributed by atoms with Crippen LogP contribution in [0.25, 0.3) is 10.2 Å². The van der Waals surface area contributed by atoms with Crippen molar-refractivity contribution in [1.29, 1.82) is 0 Å². The number of amides is 2. The van der Waals surface area contributed by atoms with E-state index in [0.29, 0.717) is 43.1 Å². The molecule has 0 bridgehead atoms. The van der Waals surface area contributed by atoms with Crippen LogP contribution in [0.5, 0.6) is 0 Å². The van der Waals surface area contributed by atoms with Crippen molar-refractivity contribution in [3.8, 4) is 0 Å². The maximum absolute atomic E-state index is 13.6. The lowest BCUT2D eigenvalue weighted by Gasteiger charge is -2.32. The molecule has 8 nitrogen and oxygen atoms in total. The van der Waals surface area contributed by atoms with E-state index in [1.165, 1.54) is 6.20 Å². The number of hydrogen-bond acceptors (Lipinski definition) is 7. The molecule has 0 atom stereocenters. The van der Waals surface area contributed by atoms with Gasteiger partial charge in [0, 0.05) is 23.7 Å². The Bertz CT molecular complexity index is 1240. The van der Waals surface area contributed by atoms with Crippen molar-refractivity contribution >= 4 is 44.9 Å². The first-order chi connectivity index (χ1) is 16.1. The van der Waals surface area contributed by atoms with Crippen molar-refractivity contribution in [1.82, 2.24) is 14.9 Å². The molecular formula is C24H25N5O3S. The van der Waals surface area contributed by atoms with Crippen LogP contribution in [0, 0.1) is 11.8 Å². The van der Waals surface area contributed by atoms with Gasteiger partial charge in [-0.1, -0.05) is 6.07 Å². The highest BCUT2D eigenvalue weighted by molar-refractivity contribution is 7.16. The molecule has 0 radical (unpaired) electrons. The summed E-state index contributed by atoms with van der Waals surface area (Å²) in [6.07, 6.45) is 5.97. The SMILES string of the molecule is Nc1ncc(NC(=O)C(=O)N(Cc2ccc3scnc3c2)C(C2CC2)C2CC2)c2c1COC2. The van der Waals surface area contributed by atoms with E-state index in [0.717, 1.165) is 52.6 Å². The summed E-state index contributed by atoms with van der Waals surface area (Å²) < 4.78 is 6.59. The Balaban J connectivity index is 1.28. The zero-order chi connectivity index (χ0) is 22.5. The van der Waals surface area contributed by atoms with E-state index in [2.05, 4.69) is 15.3 Å². The molecule has 2 aliphatic carbocycles. The van der Waals surface area contributed by atoms with Gasteiger partial charge in [0.05, 0.1) is 40.8 Å². The smallest absolute Gasteiger partial charge is 0.313 e. The first kappa shape index (κ1) is 20.6. The van der Waals surface area contributed by atoms with Crippen LogP contribution in [0.4, 0.5) is 11.5 Å². The lowest BCUT2D eigenvalue weighted by Crippen LogP contribution is -2.47. The number of fused-ring (bicyclic) bond motifs is 2. The van der Waals surface area contributed by atoms with Crippen molar-refractivity contribution in [2.45, 2.75) is 51.5 Å². The van der Waals surface area contributed by atoms with Crippen LogP contribution >= 0.6 is 11.3 Å². The molecule has 9 heteroatoms. The highest BCUT2D eigenvalue weighted by Gasteiger charge is 2.47. The van der Waals surface area contributed by atoms with E-state index in [-0.39, 0.29) is 6.04 Å². The molecule has 3 N–H and O–H groups in total. The summed E-state index contributed by atoms with van der Waals surface area (Å²) in [7, 11) is 0. The van der Waals surface area contributed by atoms with E-state index < -0.39 is 11.8 Å². The van der Waals surface area contributed by atoms with Gasteiger partial charge in [0.1, 0.15) is 5.82 Å². The van der Waals surface area contributed by atoms with Gasteiger partial charge in [-0.05, 0) is 55.2 Å². The largest absolute Gasteiger partial charge is 0.383 e. The second-order valence-electron chi connectivity index (χ2n) is 9.21. The Morgan fingerprint density at radius 3 is 2.67 bits per heavy atom. The minimum Gasteiger partial charge on any atom is -0.383 e. The maximum Gasteiger partial charge on any atom is 0.313 e. The normalized spacial score (nSPS) is 17.4. The second kappa shape index (κ2) is 8.07. The first-order valence-electron chi connectivity index (χ1n) is 11.4. The van der Waals surface area contributed by atoms with E-state index >= 15 is 0 Å². The number of pyridine rings is 1. The number of ether oxygens (including phenoxy) is 1. The molecule has 1 aliphatic heterocycles. The lowest BCUT2D eigenvalue weighted by atomic mass is 10.0. The lowest BCUT2D eigenvalue weighted by molar-refractivity contribution is -0.146. The van der Waals surface area contributed by atoms with Crippen molar-refractivity contribution in [2.24, 2.45) is 11.8 Å². The zero-order valence-electron chi connectivity index (χ0n) is 18.1. The molecule has 170 valence electrons. The molecule has 2 saturated carbocycles. The minimum atomic E-state index is -0.642. The number of thiazole rings is 1. The van der Waals surface area contributed by atoms with Crippen LogP contribution in [0.1, 0.15) is 42.4 Å². The summed E-state index contributed by atoms with van der Waals surface area (Å²) in [6.45, 7) is 1.11. The number of aromatic nitrogens is 2. The van der Waals surface area contributed by atoms with Gasteiger partial charge in [-0.2, -0.15) is 0 Å². The number of nitrogen functional groups attached to an aromatic ring is 1. The van der Waals surface area contributed by atoms with Crippen LogP contribution < -0.4 is 11.1 Å². The summed E-state index contributed by atoms with van der Waals surface area (Å²) in [5.41, 5.74) is 11.7. The third kappa shape index (κ3) is 3.95. The van der Waals surface area contributed by atoms with Gasteiger partial charge in [0.25, 0.3) is 0 Å². The van der Waals surface area contributed by atoms with Crippen LogP contribution in [0.3, 0.4) is 0 Å². The fourth-order valence-electron chi connectivity index (χ4n) is 4.88. The number of hydrogen-bond donors (Lipinski definition) is 2. The Morgan fingerprint density at radius 1 is 1.15 bits per heavy atom. The van der Waals surface area contributed by atoms with Gasteiger partial charge in [-0.25, -0.2) is 9.97 Å². The first-order valence-corrected chi connectivity index (χ1v) is 12.2. The monoisotopic (exact) mass is 463 g/mol. The van der Waals surface area contributed by atoms with Crippen LogP contribution in [0.15, 0.2) is 29.9 Å². The molecule has 3 aliphatic rings. The molecule has 0 saturated heterocycles. The highest BCUT2D eigenvalue weighted by atomic mass is 32.1. The van der Waals surface area contributed by atoms with Gasteiger partial charge < -0.3 is 20.7 Å². The number of rotatable bonds is 6. The molecule has 0 unspecified atom stereocenters. The van der Waals surface area contributed by atoms with E-state index in [9.17, 15) is 9.59 Å². The fraction of sp³-hybridized carbons (Fsp3) is 0.417.